The molecule has 0 unspecified atom stereocenters. The minimum atomic E-state index is 0.286. The molecule has 0 radical (unpaired) electrons. The average Bonchev–Trinajstić information content (AvgIpc) is 2.61. The largest absolute Gasteiger partial charge is 0.454 e. The van der Waals surface area contributed by atoms with Crippen LogP contribution >= 0.6 is 15.9 Å². The first-order chi connectivity index (χ1) is 6.81. The van der Waals surface area contributed by atoms with Crippen LogP contribution in [0.25, 0.3) is 4.85 Å². The summed E-state index contributed by atoms with van der Waals surface area (Å²) in [5.74, 6) is 1.54. The molecule has 72 valence electrons. The number of halogens is 1. The van der Waals surface area contributed by atoms with E-state index in [-0.39, 0.29) is 6.79 Å². The maximum Gasteiger partial charge on any atom is 0.231 e. The SMILES string of the molecule is [C-]#[N+]CCc1cc2c(cc1Br)OCO2. The van der Waals surface area contributed by atoms with Gasteiger partial charge < -0.3 is 14.3 Å². The van der Waals surface area contributed by atoms with Crippen molar-refractivity contribution in [2.75, 3.05) is 13.3 Å². The molecule has 2 rings (SSSR count). The molecular weight excluding hydrogens is 246 g/mol. The molecule has 1 aliphatic rings. The third kappa shape index (κ3) is 1.68. The van der Waals surface area contributed by atoms with Gasteiger partial charge in [0.1, 0.15) is 0 Å². The van der Waals surface area contributed by atoms with E-state index in [1.807, 2.05) is 12.1 Å². The molecule has 0 amide bonds. The highest BCUT2D eigenvalue weighted by molar-refractivity contribution is 9.10. The van der Waals surface area contributed by atoms with Crippen LogP contribution < -0.4 is 9.47 Å². The Morgan fingerprint density at radius 3 is 2.79 bits per heavy atom. The van der Waals surface area contributed by atoms with Crippen molar-refractivity contribution in [2.45, 2.75) is 6.42 Å². The summed E-state index contributed by atoms with van der Waals surface area (Å²) in [5.41, 5.74) is 1.09. The van der Waals surface area contributed by atoms with Crippen molar-refractivity contribution in [3.05, 3.63) is 33.6 Å². The first-order valence-corrected chi connectivity index (χ1v) is 5.02. The van der Waals surface area contributed by atoms with Crippen LogP contribution in [0.2, 0.25) is 0 Å². The molecule has 14 heavy (non-hydrogen) atoms. The molecule has 4 heteroatoms. The molecule has 0 aromatic heterocycles. The van der Waals surface area contributed by atoms with Crippen molar-refractivity contribution < 1.29 is 9.47 Å². The number of benzene rings is 1. The quantitative estimate of drug-likeness (QED) is 0.757. The molecule has 0 saturated heterocycles. The normalized spacial score (nSPS) is 12.6. The van der Waals surface area contributed by atoms with Crippen molar-refractivity contribution in [3.63, 3.8) is 0 Å². The van der Waals surface area contributed by atoms with Gasteiger partial charge in [-0.05, 0) is 17.7 Å². The zero-order valence-corrected chi connectivity index (χ0v) is 9.00. The van der Waals surface area contributed by atoms with Gasteiger partial charge in [-0.3, -0.25) is 0 Å². The van der Waals surface area contributed by atoms with Gasteiger partial charge in [0.25, 0.3) is 0 Å². The van der Waals surface area contributed by atoms with Crippen LogP contribution in [-0.2, 0) is 6.42 Å². The molecule has 0 spiro atoms. The maximum absolute atomic E-state index is 6.73. The second-order valence-corrected chi connectivity index (χ2v) is 3.78. The predicted molar refractivity (Wildman–Crippen MR) is 55.4 cm³/mol. The molecular formula is C10H8BrNO2. The van der Waals surface area contributed by atoms with Gasteiger partial charge in [0.05, 0.1) is 0 Å². The molecule has 0 fully saturated rings. The maximum atomic E-state index is 6.73. The third-order valence-electron chi connectivity index (χ3n) is 2.03. The first kappa shape index (κ1) is 9.35. The number of nitrogens with zero attached hydrogens (tertiary/aromatic N) is 1. The predicted octanol–water partition coefficient (Wildman–Crippen LogP) is 2.64. The van der Waals surface area contributed by atoms with E-state index in [1.165, 1.54) is 0 Å². The van der Waals surface area contributed by atoms with Crippen LogP contribution in [0, 0.1) is 6.57 Å². The number of rotatable bonds is 2. The molecule has 0 bridgehead atoms. The van der Waals surface area contributed by atoms with Gasteiger partial charge in [0.2, 0.25) is 13.3 Å². The Balaban J connectivity index is 2.29. The fourth-order valence-electron chi connectivity index (χ4n) is 1.33. The molecule has 3 nitrogen and oxygen atoms in total. The number of hydrogen-bond acceptors (Lipinski definition) is 2. The highest BCUT2D eigenvalue weighted by atomic mass is 79.9. The zero-order valence-electron chi connectivity index (χ0n) is 7.42. The van der Waals surface area contributed by atoms with Crippen LogP contribution in [0.15, 0.2) is 16.6 Å². The second kappa shape index (κ2) is 3.89. The molecule has 1 heterocycles. The van der Waals surface area contributed by atoms with E-state index < -0.39 is 0 Å². The zero-order chi connectivity index (χ0) is 9.97. The lowest BCUT2D eigenvalue weighted by Crippen LogP contribution is -1.93. The van der Waals surface area contributed by atoms with E-state index in [9.17, 15) is 0 Å². The average molecular weight is 254 g/mol. The Hall–Kier alpha value is -1.21. The van der Waals surface area contributed by atoms with E-state index in [1.54, 1.807) is 0 Å². The monoisotopic (exact) mass is 253 g/mol. The van der Waals surface area contributed by atoms with Gasteiger partial charge in [0.15, 0.2) is 11.5 Å². The number of hydrogen-bond donors (Lipinski definition) is 0. The summed E-state index contributed by atoms with van der Waals surface area (Å²) >= 11 is 3.44. The van der Waals surface area contributed by atoms with Crippen LogP contribution in [-0.4, -0.2) is 13.3 Å². The van der Waals surface area contributed by atoms with Gasteiger partial charge in [-0.1, -0.05) is 15.9 Å². The van der Waals surface area contributed by atoms with Crippen LogP contribution in [0.5, 0.6) is 11.5 Å². The summed E-state index contributed by atoms with van der Waals surface area (Å²) in [6.45, 7) is 7.51. The van der Waals surface area contributed by atoms with Crippen LogP contribution in [0.3, 0.4) is 0 Å². The molecule has 0 aliphatic carbocycles. The number of fused-ring (bicyclic) bond motifs is 1. The molecule has 1 aliphatic heterocycles. The Bertz CT molecular complexity index is 398. The number of ether oxygens (including phenoxy) is 2. The molecule has 1 aromatic rings. The Kier molecular flexibility index (Phi) is 2.60. The van der Waals surface area contributed by atoms with Gasteiger partial charge in [0, 0.05) is 10.9 Å². The van der Waals surface area contributed by atoms with Gasteiger partial charge in [-0.2, -0.15) is 0 Å². The Morgan fingerprint density at radius 2 is 2.07 bits per heavy atom. The lowest BCUT2D eigenvalue weighted by molar-refractivity contribution is 0.174. The van der Waals surface area contributed by atoms with Crippen molar-refractivity contribution in [2.24, 2.45) is 0 Å². The first-order valence-electron chi connectivity index (χ1n) is 4.22. The van der Waals surface area contributed by atoms with Crippen LogP contribution in [0.4, 0.5) is 0 Å². The standard InChI is InChI=1S/C10H8BrNO2/c1-12-3-2-7-4-9-10(5-8(7)11)14-6-13-9/h4-5H,2-3,6H2. The van der Waals surface area contributed by atoms with Gasteiger partial charge in [-0.25, -0.2) is 6.57 Å². The smallest absolute Gasteiger partial charge is 0.231 e. The summed E-state index contributed by atoms with van der Waals surface area (Å²) in [4.78, 5) is 3.32. The lowest BCUT2D eigenvalue weighted by atomic mass is 10.1. The van der Waals surface area contributed by atoms with Crippen molar-refractivity contribution >= 4 is 15.9 Å². The highest BCUT2D eigenvalue weighted by Crippen LogP contribution is 2.36. The highest BCUT2D eigenvalue weighted by Gasteiger charge is 2.16. The Morgan fingerprint density at radius 1 is 1.36 bits per heavy atom. The fraction of sp³-hybridized carbons (Fsp3) is 0.300. The van der Waals surface area contributed by atoms with Crippen molar-refractivity contribution in [1.82, 2.24) is 0 Å². The topological polar surface area (TPSA) is 22.8 Å². The summed E-state index contributed by atoms with van der Waals surface area (Å²) in [5, 5.41) is 0. The van der Waals surface area contributed by atoms with Crippen molar-refractivity contribution in [1.29, 1.82) is 0 Å². The summed E-state index contributed by atoms with van der Waals surface area (Å²) in [6, 6.07) is 3.82. The van der Waals surface area contributed by atoms with Crippen LogP contribution in [0.1, 0.15) is 5.56 Å². The summed E-state index contributed by atoms with van der Waals surface area (Å²) in [7, 11) is 0. The van der Waals surface area contributed by atoms with E-state index >= 15 is 0 Å². The van der Waals surface area contributed by atoms with E-state index in [0.29, 0.717) is 6.54 Å². The minimum Gasteiger partial charge on any atom is -0.454 e. The third-order valence-corrected chi connectivity index (χ3v) is 2.77. The Labute approximate surface area is 90.6 Å². The van der Waals surface area contributed by atoms with Gasteiger partial charge in [-0.15, -0.1) is 0 Å². The van der Waals surface area contributed by atoms with E-state index in [0.717, 1.165) is 28.0 Å². The summed E-state index contributed by atoms with van der Waals surface area (Å²) < 4.78 is 11.5. The lowest BCUT2D eigenvalue weighted by Gasteiger charge is -2.02. The fourth-order valence-corrected chi connectivity index (χ4v) is 1.85. The molecule has 0 saturated carbocycles. The minimum absolute atomic E-state index is 0.286. The van der Waals surface area contributed by atoms with E-state index in [4.69, 9.17) is 16.0 Å². The summed E-state index contributed by atoms with van der Waals surface area (Å²) in [6.07, 6.45) is 0.737. The van der Waals surface area contributed by atoms with E-state index in [2.05, 4.69) is 20.8 Å². The molecule has 1 aromatic carbocycles. The van der Waals surface area contributed by atoms with Gasteiger partial charge >= 0.3 is 0 Å². The molecule has 0 N–H and O–H groups in total. The second-order valence-electron chi connectivity index (χ2n) is 2.93. The van der Waals surface area contributed by atoms with Crippen molar-refractivity contribution in [3.8, 4) is 11.5 Å². The molecule has 0 atom stereocenters.